The number of nitrogens with one attached hydrogen (secondary N) is 1. The van der Waals surface area contributed by atoms with Crippen molar-refractivity contribution in [3.8, 4) is 0 Å². The molecule has 2 aliphatic rings. The summed E-state index contributed by atoms with van der Waals surface area (Å²) < 4.78 is 44.8. The second-order valence-electron chi connectivity index (χ2n) is 9.40. The first-order valence-corrected chi connectivity index (χ1v) is 13.3. The van der Waals surface area contributed by atoms with E-state index in [1.165, 1.54) is 17.0 Å². The van der Waals surface area contributed by atoms with Crippen molar-refractivity contribution in [3.05, 3.63) is 81.5 Å². The van der Waals surface area contributed by atoms with Crippen LogP contribution < -0.4 is 5.32 Å². The third-order valence-electron chi connectivity index (χ3n) is 6.95. The number of carbonyl (C=O) groups is 3. The van der Waals surface area contributed by atoms with E-state index < -0.39 is 29.8 Å². The van der Waals surface area contributed by atoms with Crippen molar-refractivity contribution in [2.24, 2.45) is 0 Å². The smallest absolute Gasteiger partial charge is 0.416 e. The predicted octanol–water partition coefficient (Wildman–Crippen LogP) is 4.72. The highest BCUT2D eigenvalue weighted by molar-refractivity contribution is 6.30. The van der Waals surface area contributed by atoms with Gasteiger partial charge in [0.05, 0.1) is 23.8 Å². The molecule has 0 aromatic heterocycles. The van der Waals surface area contributed by atoms with Crippen LogP contribution in [0.15, 0.2) is 59.8 Å². The Morgan fingerprint density at radius 1 is 1.00 bits per heavy atom. The molecule has 0 bridgehead atoms. The second-order valence-corrected chi connectivity index (χ2v) is 9.84. The largest absolute Gasteiger partial charge is 0.463 e. The molecule has 1 N–H and O–H groups in total. The predicted molar refractivity (Wildman–Crippen MR) is 143 cm³/mol. The molecule has 2 aromatic rings. The third-order valence-corrected chi connectivity index (χ3v) is 7.20. The van der Waals surface area contributed by atoms with Gasteiger partial charge in [0, 0.05) is 55.6 Å². The fourth-order valence-electron chi connectivity index (χ4n) is 4.87. The molecule has 0 saturated carbocycles. The zero-order chi connectivity index (χ0) is 29.0. The quantitative estimate of drug-likeness (QED) is 0.481. The zero-order valence-corrected chi connectivity index (χ0v) is 22.9. The lowest BCUT2D eigenvalue weighted by Crippen LogP contribution is -2.53. The van der Waals surface area contributed by atoms with E-state index in [1.54, 1.807) is 43.0 Å². The molecule has 0 aliphatic carbocycles. The zero-order valence-electron chi connectivity index (χ0n) is 22.1. The van der Waals surface area contributed by atoms with E-state index in [2.05, 4.69) is 5.32 Å². The maximum absolute atomic E-state index is 13.2. The van der Waals surface area contributed by atoms with Gasteiger partial charge < -0.3 is 15.0 Å². The highest BCUT2D eigenvalue weighted by Gasteiger charge is 2.39. The second kappa shape index (κ2) is 12.3. The van der Waals surface area contributed by atoms with E-state index in [-0.39, 0.29) is 31.2 Å². The number of piperazine rings is 1. The van der Waals surface area contributed by atoms with E-state index in [0.29, 0.717) is 48.0 Å². The van der Waals surface area contributed by atoms with Gasteiger partial charge in [-0.15, -0.1) is 0 Å². The first-order valence-electron chi connectivity index (χ1n) is 13.0. The molecule has 214 valence electrons. The van der Waals surface area contributed by atoms with Crippen molar-refractivity contribution in [2.45, 2.75) is 26.1 Å². The molecule has 0 radical (unpaired) electrons. The van der Waals surface area contributed by atoms with Crippen LogP contribution >= 0.6 is 11.6 Å². The Labute approximate surface area is 235 Å². The highest BCUT2D eigenvalue weighted by Crippen LogP contribution is 2.35. The number of likely N-dealkylation sites (N-methyl/N-ethyl adjacent to an activating group) is 1. The van der Waals surface area contributed by atoms with E-state index >= 15 is 0 Å². The summed E-state index contributed by atoms with van der Waals surface area (Å²) in [5, 5.41) is 3.30. The van der Waals surface area contributed by atoms with Crippen LogP contribution in [0, 0.1) is 0 Å². The van der Waals surface area contributed by atoms with Gasteiger partial charge in [0.2, 0.25) is 0 Å². The number of benzene rings is 2. The van der Waals surface area contributed by atoms with E-state index in [0.717, 1.165) is 12.1 Å². The number of alkyl halides is 3. The number of ether oxygens (including phenoxy) is 1. The molecule has 0 spiro atoms. The van der Waals surface area contributed by atoms with Gasteiger partial charge in [-0.3, -0.25) is 14.6 Å². The SMILES string of the molecule is CCOC(=O)C1=C(CN2CCN(C(=O)c3ccc(Cl)cc3)CC2)N(CC)C(=O)N[C@@H]1c1ccc(C(F)(F)F)cc1. The molecule has 4 rings (SSSR count). The maximum atomic E-state index is 13.2. The van der Waals surface area contributed by atoms with Crippen molar-refractivity contribution >= 4 is 29.5 Å². The lowest BCUT2D eigenvalue weighted by Gasteiger charge is -2.40. The minimum Gasteiger partial charge on any atom is -0.463 e. The van der Waals surface area contributed by atoms with Crippen LogP contribution in [-0.2, 0) is 15.7 Å². The van der Waals surface area contributed by atoms with Crippen LogP contribution in [0.5, 0.6) is 0 Å². The lowest BCUT2D eigenvalue weighted by molar-refractivity contribution is -0.139. The van der Waals surface area contributed by atoms with Crippen LogP contribution in [0.3, 0.4) is 0 Å². The van der Waals surface area contributed by atoms with Crippen molar-refractivity contribution < 1.29 is 32.3 Å². The normalized spacial score (nSPS) is 18.6. The number of nitrogens with zero attached hydrogens (tertiary/aromatic N) is 3. The molecule has 1 atom stereocenters. The molecule has 1 saturated heterocycles. The van der Waals surface area contributed by atoms with Gasteiger partial charge in [0.15, 0.2) is 0 Å². The molecule has 2 aromatic carbocycles. The Hall–Kier alpha value is -3.57. The van der Waals surface area contributed by atoms with E-state index in [4.69, 9.17) is 16.3 Å². The number of halogens is 4. The summed E-state index contributed by atoms with van der Waals surface area (Å²) in [6, 6.07) is 9.58. The van der Waals surface area contributed by atoms with E-state index in [1.807, 2.05) is 4.90 Å². The summed E-state index contributed by atoms with van der Waals surface area (Å²) in [6.07, 6.45) is -4.52. The molecule has 3 amide bonds. The molecule has 1 fully saturated rings. The minimum atomic E-state index is -4.52. The first-order chi connectivity index (χ1) is 19.0. The summed E-state index contributed by atoms with van der Waals surface area (Å²) in [5.41, 5.74) is 0.623. The molecule has 2 heterocycles. The molecule has 40 heavy (non-hydrogen) atoms. The molecular weight excluding hydrogens is 549 g/mol. The van der Waals surface area contributed by atoms with Crippen molar-refractivity contribution in [1.29, 1.82) is 0 Å². The summed E-state index contributed by atoms with van der Waals surface area (Å²) in [4.78, 5) is 44.5. The number of hydrogen-bond acceptors (Lipinski definition) is 5. The van der Waals surface area contributed by atoms with Gasteiger partial charge in [-0.25, -0.2) is 9.59 Å². The monoisotopic (exact) mass is 578 g/mol. The van der Waals surface area contributed by atoms with Gasteiger partial charge in [-0.2, -0.15) is 13.2 Å². The van der Waals surface area contributed by atoms with Crippen molar-refractivity contribution in [2.75, 3.05) is 45.9 Å². The molecule has 2 aliphatic heterocycles. The Kier molecular flexibility index (Phi) is 9.05. The summed E-state index contributed by atoms with van der Waals surface area (Å²) in [7, 11) is 0. The van der Waals surface area contributed by atoms with Crippen LogP contribution in [0.25, 0.3) is 0 Å². The summed E-state index contributed by atoms with van der Waals surface area (Å²) in [6.45, 7) is 5.83. The molecular formula is C28H30ClF3N4O4. The molecule has 8 nitrogen and oxygen atoms in total. The lowest BCUT2D eigenvalue weighted by atomic mass is 9.93. The number of hydrogen-bond donors (Lipinski definition) is 1. The first kappa shape index (κ1) is 29.4. The fraction of sp³-hybridized carbons (Fsp3) is 0.393. The summed E-state index contributed by atoms with van der Waals surface area (Å²) in [5.74, 6) is -0.769. The molecule has 12 heteroatoms. The van der Waals surface area contributed by atoms with Gasteiger partial charge >= 0.3 is 18.2 Å². The van der Waals surface area contributed by atoms with Crippen molar-refractivity contribution in [1.82, 2.24) is 20.0 Å². The number of esters is 1. The van der Waals surface area contributed by atoms with Crippen molar-refractivity contribution in [3.63, 3.8) is 0 Å². The topological polar surface area (TPSA) is 82.2 Å². The number of amides is 3. The average Bonchev–Trinajstić information content (AvgIpc) is 2.93. The Bertz CT molecular complexity index is 1270. The van der Waals surface area contributed by atoms with Crippen LogP contribution in [0.2, 0.25) is 5.02 Å². The standard InChI is InChI=1S/C28H30ClF3N4O4/c1-3-36-22(17-34-13-15-35(16-14-34)25(37)19-7-11-21(29)12-8-19)23(26(38)40-4-2)24(33-27(36)39)18-5-9-20(10-6-18)28(30,31)32/h5-12,24H,3-4,13-17H2,1-2H3,(H,33,39)/t24-/m1/s1. The van der Waals surface area contributed by atoms with E-state index in [9.17, 15) is 27.6 Å². The Morgan fingerprint density at radius 2 is 1.62 bits per heavy atom. The van der Waals surface area contributed by atoms with Gasteiger partial charge in [0.25, 0.3) is 5.91 Å². The minimum absolute atomic E-state index is 0.0842. The highest BCUT2D eigenvalue weighted by atomic mass is 35.5. The van der Waals surface area contributed by atoms with Gasteiger partial charge in [-0.1, -0.05) is 23.7 Å². The fourth-order valence-corrected chi connectivity index (χ4v) is 4.99. The van der Waals surface area contributed by atoms with Crippen LogP contribution in [0.4, 0.5) is 18.0 Å². The number of urea groups is 1. The average molecular weight is 579 g/mol. The number of carbonyl (C=O) groups excluding carboxylic acids is 3. The maximum Gasteiger partial charge on any atom is 0.416 e. The van der Waals surface area contributed by atoms with Crippen LogP contribution in [0.1, 0.15) is 41.4 Å². The van der Waals surface area contributed by atoms with Crippen LogP contribution in [-0.4, -0.2) is 78.5 Å². The molecule has 0 unspecified atom stereocenters. The Morgan fingerprint density at radius 3 is 2.17 bits per heavy atom. The Balaban J connectivity index is 1.60. The van der Waals surface area contributed by atoms with Gasteiger partial charge in [-0.05, 0) is 55.8 Å². The van der Waals surface area contributed by atoms with Gasteiger partial charge in [0.1, 0.15) is 0 Å². The third kappa shape index (κ3) is 6.42. The number of rotatable bonds is 7. The summed E-state index contributed by atoms with van der Waals surface area (Å²) >= 11 is 5.93.